The topological polar surface area (TPSA) is 57.1 Å². The first-order valence-electron chi connectivity index (χ1n) is 4.39. The number of nitrogens with zero attached hydrogens (tertiary/aromatic N) is 2. The van der Waals surface area contributed by atoms with E-state index in [0.29, 0.717) is 10.7 Å². The van der Waals surface area contributed by atoms with E-state index in [1.54, 1.807) is 0 Å². The third-order valence-electron chi connectivity index (χ3n) is 2.05. The van der Waals surface area contributed by atoms with E-state index in [2.05, 4.69) is 0 Å². The minimum Gasteiger partial charge on any atom is -0.312 e. The van der Waals surface area contributed by atoms with Gasteiger partial charge in [-0.1, -0.05) is 23.2 Å². The van der Waals surface area contributed by atoms with Gasteiger partial charge in [0, 0.05) is 0 Å². The quantitative estimate of drug-likeness (QED) is 0.797. The standard InChI is InChI=1S/C9H5Cl3N2O3/c10-4-13-8(15)14(17-9(13)16)5-1-2-6(11)7(12)3-5/h1-3H,4H2. The first kappa shape index (κ1) is 12.3. The Hall–Kier alpha value is -1.17. The molecule has 1 aromatic carbocycles. The van der Waals surface area contributed by atoms with E-state index in [-0.39, 0.29) is 11.0 Å². The van der Waals surface area contributed by atoms with Crippen LogP contribution in [0, 0.1) is 0 Å². The maximum absolute atomic E-state index is 11.7. The van der Waals surface area contributed by atoms with Gasteiger partial charge in [-0.25, -0.2) is 14.2 Å². The minimum atomic E-state index is -0.837. The molecule has 0 saturated heterocycles. The first-order valence-corrected chi connectivity index (χ1v) is 5.68. The second-order valence-corrected chi connectivity index (χ2v) is 4.13. The van der Waals surface area contributed by atoms with Gasteiger partial charge in [-0.15, -0.1) is 16.3 Å². The molecule has 2 aromatic rings. The van der Waals surface area contributed by atoms with Crippen LogP contribution in [0.4, 0.5) is 0 Å². The molecule has 0 aliphatic heterocycles. The van der Waals surface area contributed by atoms with E-state index >= 15 is 0 Å². The van der Waals surface area contributed by atoms with Gasteiger partial charge in [-0.05, 0) is 18.2 Å². The third kappa shape index (κ3) is 2.13. The fourth-order valence-electron chi connectivity index (χ4n) is 1.23. The molecule has 1 heterocycles. The van der Waals surface area contributed by atoms with Gasteiger partial charge in [0.1, 0.15) is 6.00 Å². The highest BCUT2D eigenvalue weighted by Crippen LogP contribution is 2.23. The third-order valence-corrected chi connectivity index (χ3v) is 3.03. The summed E-state index contributed by atoms with van der Waals surface area (Å²) in [5.41, 5.74) is -0.381. The van der Waals surface area contributed by atoms with E-state index in [0.717, 1.165) is 9.31 Å². The van der Waals surface area contributed by atoms with Crippen LogP contribution in [0.2, 0.25) is 10.0 Å². The number of hydrogen-bond donors (Lipinski definition) is 0. The van der Waals surface area contributed by atoms with Crippen molar-refractivity contribution in [2.24, 2.45) is 0 Å². The monoisotopic (exact) mass is 294 g/mol. The highest BCUT2D eigenvalue weighted by molar-refractivity contribution is 6.42. The highest BCUT2D eigenvalue weighted by Gasteiger charge is 2.13. The lowest BCUT2D eigenvalue weighted by Crippen LogP contribution is -2.26. The van der Waals surface area contributed by atoms with Crippen LogP contribution in [-0.4, -0.2) is 9.31 Å². The molecule has 5 nitrogen and oxygen atoms in total. The van der Waals surface area contributed by atoms with Gasteiger partial charge in [0.05, 0.1) is 15.7 Å². The Bertz CT molecular complexity index is 671. The van der Waals surface area contributed by atoms with Gasteiger partial charge >= 0.3 is 11.4 Å². The largest absolute Gasteiger partial charge is 0.444 e. The first-order chi connectivity index (χ1) is 8.04. The van der Waals surface area contributed by atoms with E-state index < -0.39 is 11.4 Å². The van der Waals surface area contributed by atoms with Gasteiger partial charge in [0.25, 0.3) is 0 Å². The maximum atomic E-state index is 11.7. The van der Waals surface area contributed by atoms with Crippen molar-refractivity contribution in [3.63, 3.8) is 0 Å². The molecule has 17 heavy (non-hydrogen) atoms. The summed E-state index contributed by atoms with van der Waals surface area (Å²) in [6.07, 6.45) is 0. The predicted molar refractivity (Wildman–Crippen MR) is 64.4 cm³/mol. The summed E-state index contributed by atoms with van der Waals surface area (Å²) in [6.45, 7) is 0. The van der Waals surface area contributed by atoms with Crippen molar-refractivity contribution in [3.8, 4) is 5.69 Å². The average molecular weight is 296 g/mol. The number of aromatic nitrogens is 2. The lowest BCUT2D eigenvalue weighted by Gasteiger charge is -2.00. The summed E-state index contributed by atoms with van der Waals surface area (Å²) in [7, 11) is 0. The Kier molecular flexibility index (Phi) is 3.33. The summed E-state index contributed by atoms with van der Waals surface area (Å²) in [5.74, 6) is -0.837. The molecule has 0 atom stereocenters. The van der Waals surface area contributed by atoms with Crippen molar-refractivity contribution in [2.75, 3.05) is 0 Å². The second kappa shape index (κ2) is 4.60. The number of benzene rings is 1. The summed E-state index contributed by atoms with van der Waals surface area (Å²) in [4.78, 5) is 22.9. The zero-order chi connectivity index (χ0) is 12.6. The van der Waals surface area contributed by atoms with Gasteiger partial charge in [-0.3, -0.25) is 0 Å². The van der Waals surface area contributed by atoms with Crippen LogP contribution in [0.15, 0.2) is 32.3 Å². The van der Waals surface area contributed by atoms with E-state index in [9.17, 15) is 9.59 Å². The fourth-order valence-corrected chi connectivity index (χ4v) is 1.72. The molecule has 0 amide bonds. The molecule has 8 heteroatoms. The molecule has 0 unspecified atom stereocenters. The van der Waals surface area contributed by atoms with Gasteiger partial charge in [0.2, 0.25) is 0 Å². The molecule has 0 aliphatic rings. The summed E-state index contributed by atoms with van der Waals surface area (Å²) >= 11 is 17.0. The molecule has 2 rings (SSSR count). The van der Waals surface area contributed by atoms with Gasteiger partial charge in [0.15, 0.2) is 0 Å². The van der Waals surface area contributed by atoms with Crippen LogP contribution < -0.4 is 11.4 Å². The van der Waals surface area contributed by atoms with Crippen molar-refractivity contribution < 1.29 is 4.52 Å². The number of alkyl halides is 1. The van der Waals surface area contributed by atoms with Crippen LogP contribution >= 0.6 is 34.8 Å². The Labute approximate surface area is 110 Å². The molecular formula is C9H5Cl3N2O3. The molecule has 0 aliphatic carbocycles. The molecule has 0 fully saturated rings. The normalized spacial score (nSPS) is 10.8. The Morgan fingerprint density at radius 3 is 2.41 bits per heavy atom. The fraction of sp³-hybridized carbons (Fsp3) is 0.111. The van der Waals surface area contributed by atoms with Crippen LogP contribution in [0.3, 0.4) is 0 Å². The number of hydrogen-bond acceptors (Lipinski definition) is 3. The Balaban J connectivity index is 2.65. The van der Waals surface area contributed by atoms with Crippen molar-refractivity contribution in [1.82, 2.24) is 9.31 Å². The summed E-state index contributed by atoms with van der Waals surface area (Å²) < 4.78 is 6.28. The lowest BCUT2D eigenvalue weighted by atomic mass is 10.3. The van der Waals surface area contributed by atoms with Crippen LogP contribution in [0.1, 0.15) is 0 Å². The zero-order valence-electron chi connectivity index (χ0n) is 8.19. The van der Waals surface area contributed by atoms with E-state index in [4.69, 9.17) is 39.3 Å². The molecular weight excluding hydrogens is 290 g/mol. The Morgan fingerprint density at radius 1 is 1.18 bits per heavy atom. The molecule has 0 radical (unpaired) electrons. The van der Waals surface area contributed by atoms with Crippen molar-refractivity contribution >= 4 is 34.8 Å². The van der Waals surface area contributed by atoms with Crippen molar-refractivity contribution in [1.29, 1.82) is 0 Å². The molecule has 0 bridgehead atoms. The second-order valence-electron chi connectivity index (χ2n) is 3.08. The number of halogens is 3. The maximum Gasteiger partial charge on any atom is 0.444 e. The highest BCUT2D eigenvalue weighted by atomic mass is 35.5. The van der Waals surface area contributed by atoms with E-state index in [1.165, 1.54) is 18.2 Å². The summed E-state index contributed by atoms with van der Waals surface area (Å²) in [6, 6.07) is 4.11. The van der Waals surface area contributed by atoms with Crippen LogP contribution in [0.25, 0.3) is 5.69 Å². The molecule has 0 saturated carbocycles. The zero-order valence-corrected chi connectivity index (χ0v) is 10.5. The van der Waals surface area contributed by atoms with Crippen LogP contribution in [0.5, 0.6) is 0 Å². The summed E-state index contributed by atoms with van der Waals surface area (Å²) in [5, 5.41) is 0.583. The van der Waals surface area contributed by atoms with Crippen LogP contribution in [-0.2, 0) is 6.00 Å². The minimum absolute atomic E-state index is 0.248. The van der Waals surface area contributed by atoms with E-state index in [1.807, 2.05) is 0 Å². The predicted octanol–water partition coefficient (Wildman–Crippen LogP) is 2.10. The molecule has 0 spiro atoms. The SMILES string of the molecule is O=c1on(-c2ccc(Cl)c(Cl)c2)c(=O)n1CCl. The average Bonchev–Trinajstić information content (AvgIpc) is 2.58. The number of rotatable bonds is 2. The Morgan fingerprint density at radius 2 is 1.88 bits per heavy atom. The van der Waals surface area contributed by atoms with Gasteiger partial charge < -0.3 is 4.52 Å². The molecule has 90 valence electrons. The molecule has 0 N–H and O–H groups in total. The van der Waals surface area contributed by atoms with Crippen molar-refractivity contribution in [2.45, 2.75) is 6.00 Å². The van der Waals surface area contributed by atoms with Gasteiger partial charge in [-0.2, -0.15) is 0 Å². The van der Waals surface area contributed by atoms with Crippen molar-refractivity contribution in [3.05, 3.63) is 49.3 Å². The molecule has 1 aromatic heterocycles. The lowest BCUT2D eigenvalue weighted by molar-refractivity contribution is 0.312. The smallest absolute Gasteiger partial charge is 0.312 e.